The van der Waals surface area contributed by atoms with Gasteiger partial charge >= 0.3 is 0 Å². The highest BCUT2D eigenvalue weighted by Crippen LogP contribution is 2.25. The first-order valence-electron chi connectivity index (χ1n) is 6.69. The van der Waals surface area contributed by atoms with Crippen molar-refractivity contribution in [1.82, 2.24) is 9.29 Å². The van der Waals surface area contributed by atoms with E-state index in [1.807, 2.05) is 10.3 Å². The smallest absolute Gasteiger partial charge is 0.246 e. The highest BCUT2D eigenvalue weighted by Gasteiger charge is 2.32. The molecule has 0 saturated carbocycles. The van der Waals surface area contributed by atoms with E-state index >= 15 is 0 Å². The average Bonchev–Trinajstić information content (AvgIpc) is 3.07. The van der Waals surface area contributed by atoms with Crippen LogP contribution in [0.25, 0.3) is 0 Å². The Labute approximate surface area is 135 Å². The van der Waals surface area contributed by atoms with Crippen LogP contribution in [0.4, 0.5) is 18.3 Å². The zero-order valence-corrected chi connectivity index (χ0v) is 13.4. The van der Waals surface area contributed by atoms with Crippen molar-refractivity contribution in [3.8, 4) is 0 Å². The molecule has 0 spiro atoms. The van der Waals surface area contributed by atoms with Crippen LogP contribution in [0.15, 0.2) is 28.6 Å². The normalized spacial score (nSPS) is 16.7. The van der Waals surface area contributed by atoms with Crippen LogP contribution in [0.5, 0.6) is 0 Å². The van der Waals surface area contributed by atoms with Gasteiger partial charge in [0, 0.05) is 37.8 Å². The lowest BCUT2D eigenvalue weighted by Gasteiger charge is -2.33. The molecule has 0 bridgehead atoms. The van der Waals surface area contributed by atoms with E-state index in [0.717, 1.165) is 15.5 Å². The van der Waals surface area contributed by atoms with Gasteiger partial charge in [-0.05, 0) is 12.1 Å². The third-order valence-electron chi connectivity index (χ3n) is 3.55. The minimum Gasteiger partial charge on any atom is -0.345 e. The quantitative estimate of drug-likeness (QED) is 0.784. The molecule has 0 amide bonds. The summed E-state index contributed by atoms with van der Waals surface area (Å²) >= 11 is 1.44. The van der Waals surface area contributed by atoms with Crippen LogP contribution in [0.1, 0.15) is 0 Å². The number of aromatic nitrogens is 1. The third-order valence-corrected chi connectivity index (χ3v) is 6.29. The van der Waals surface area contributed by atoms with Crippen molar-refractivity contribution in [2.75, 3.05) is 31.1 Å². The van der Waals surface area contributed by atoms with Crippen LogP contribution in [-0.4, -0.2) is 43.9 Å². The van der Waals surface area contributed by atoms with Crippen LogP contribution in [-0.2, 0) is 10.0 Å². The van der Waals surface area contributed by atoms with E-state index in [1.54, 1.807) is 6.20 Å². The molecule has 0 unspecified atom stereocenters. The van der Waals surface area contributed by atoms with Crippen molar-refractivity contribution in [3.63, 3.8) is 0 Å². The van der Waals surface area contributed by atoms with E-state index in [2.05, 4.69) is 4.98 Å². The Morgan fingerprint density at radius 2 is 1.74 bits per heavy atom. The maximum atomic E-state index is 13.8. The van der Waals surface area contributed by atoms with Crippen molar-refractivity contribution in [1.29, 1.82) is 0 Å². The van der Waals surface area contributed by atoms with Gasteiger partial charge in [-0.2, -0.15) is 4.31 Å². The van der Waals surface area contributed by atoms with Gasteiger partial charge in [-0.15, -0.1) is 11.3 Å². The maximum Gasteiger partial charge on any atom is 0.246 e. The highest BCUT2D eigenvalue weighted by molar-refractivity contribution is 7.89. The summed E-state index contributed by atoms with van der Waals surface area (Å²) in [7, 11) is -4.22. The summed E-state index contributed by atoms with van der Waals surface area (Å²) < 4.78 is 65.9. The standard InChI is InChI=1S/C13H12F3N3O2S2/c14-9-1-2-10(12(16)11(9)15)23(20,21)19-6-4-18(5-7-19)13-17-3-8-22-13/h1-3,8H,4-7H2. The van der Waals surface area contributed by atoms with Crippen molar-refractivity contribution >= 4 is 26.5 Å². The Bertz CT molecular complexity index is 804. The Balaban J connectivity index is 1.81. The first kappa shape index (κ1) is 16.2. The van der Waals surface area contributed by atoms with Crippen LogP contribution in [0, 0.1) is 17.5 Å². The van der Waals surface area contributed by atoms with E-state index in [4.69, 9.17) is 0 Å². The summed E-state index contributed by atoms with van der Waals surface area (Å²) in [6, 6.07) is 1.35. The second-order valence-corrected chi connectivity index (χ2v) is 7.66. The molecular weight excluding hydrogens is 351 g/mol. The molecule has 124 valence electrons. The number of rotatable bonds is 3. The molecule has 1 aromatic carbocycles. The first-order valence-corrected chi connectivity index (χ1v) is 9.01. The van der Waals surface area contributed by atoms with Gasteiger partial charge in [0.05, 0.1) is 0 Å². The molecule has 23 heavy (non-hydrogen) atoms. The first-order chi connectivity index (χ1) is 10.9. The Morgan fingerprint density at radius 1 is 1.04 bits per heavy atom. The van der Waals surface area contributed by atoms with E-state index in [1.165, 1.54) is 11.3 Å². The SMILES string of the molecule is O=S(=O)(c1ccc(F)c(F)c1F)N1CCN(c2nccs2)CC1. The summed E-state index contributed by atoms with van der Waals surface area (Å²) in [5, 5.41) is 2.59. The van der Waals surface area contributed by atoms with Gasteiger partial charge in [0.2, 0.25) is 10.0 Å². The third kappa shape index (κ3) is 2.93. The van der Waals surface area contributed by atoms with E-state index in [0.29, 0.717) is 19.2 Å². The lowest BCUT2D eigenvalue weighted by molar-refractivity contribution is 0.377. The number of hydrogen-bond acceptors (Lipinski definition) is 5. The molecule has 1 aliphatic rings. The molecule has 0 N–H and O–H groups in total. The monoisotopic (exact) mass is 363 g/mol. The molecule has 1 fully saturated rings. The van der Waals surface area contributed by atoms with Gasteiger partial charge in [-0.1, -0.05) is 0 Å². The van der Waals surface area contributed by atoms with Crippen LogP contribution in [0.2, 0.25) is 0 Å². The molecule has 0 atom stereocenters. The van der Waals surface area contributed by atoms with Gasteiger partial charge in [0.1, 0.15) is 4.90 Å². The van der Waals surface area contributed by atoms with Crippen molar-refractivity contribution < 1.29 is 21.6 Å². The van der Waals surface area contributed by atoms with Gasteiger partial charge in [0.25, 0.3) is 0 Å². The van der Waals surface area contributed by atoms with E-state index in [9.17, 15) is 21.6 Å². The molecule has 5 nitrogen and oxygen atoms in total. The average molecular weight is 363 g/mol. The Kier molecular flexibility index (Phi) is 4.30. The summed E-state index contributed by atoms with van der Waals surface area (Å²) in [5.74, 6) is -4.89. The fourth-order valence-corrected chi connectivity index (χ4v) is 4.51. The molecule has 2 heterocycles. The van der Waals surface area contributed by atoms with Crippen LogP contribution in [0.3, 0.4) is 0 Å². The van der Waals surface area contributed by atoms with E-state index < -0.39 is 32.4 Å². The summed E-state index contributed by atoms with van der Waals surface area (Å²) in [6.45, 7) is 0.997. The van der Waals surface area contributed by atoms with Crippen molar-refractivity contribution in [2.45, 2.75) is 4.90 Å². The topological polar surface area (TPSA) is 53.5 Å². The van der Waals surface area contributed by atoms with Gasteiger partial charge < -0.3 is 4.90 Å². The Morgan fingerprint density at radius 3 is 2.35 bits per heavy atom. The van der Waals surface area contributed by atoms with Gasteiger partial charge in [0.15, 0.2) is 22.6 Å². The highest BCUT2D eigenvalue weighted by atomic mass is 32.2. The predicted molar refractivity (Wildman–Crippen MR) is 79.4 cm³/mol. The lowest BCUT2D eigenvalue weighted by atomic mass is 10.3. The van der Waals surface area contributed by atoms with Crippen molar-refractivity contribution in [2.24, 2.45) is 0 Å². The molecule has 1 aromatic heterocycles. The second-order valence-electron chi connectivity index (χ2n) is 4.88. The number of anilines is 1. The minimum absolute atomic E-state index is 0.111. The number of benzene rings is 1. The molecule has 3 rings (SSSR count). The summed E-state index contributed by atoms with van der Waals surface area (Å²) in [5.41, 5.74) is 0. The van der Waals surface area contributed by atoms with Gasteiger partial charge in [-0.3, -0.25) is 0 Å². The number of halogens is 3. The number of sulfonamides is 1. The van der Waals surface area contributed by atoms with Crippen molar-refractivity contribution in [3.05, 3.63) is 41.2 Å². The number of thiazole rings is 1. The zero-order valence-electron chi connectivity index (χ0n) is 11.7. The predicted octanol–water partition coefficient (Wildman–Crippen LogP) is 2.07. The molecule has 0 radical (unpaired) electrons. The number of nitrogens with zero attached hydrogens (tertiary/aromatic N) is 3. The lowest BCUT2D eigenvalue weighted by Crippen LogP contribution is -2.48. The molecule has 2 aromatic rings. The molecule has 0 aliphatic carbocycles. The van der Waals surface area contributed by atoms with Gasteiger partial charge in [-0.25, -0.2) is 26.6 Å². The van der Waals surface area contributed by atoms with E-state index in [-0.39, 0.29) is 13.1 Å². The largest absolute Gasteiger partial charge is 0.345 e. The summed E-state index contributed by atoms with van der Waals surface area (Å²) in [4.78, 5) is 5.21. The van der Waals surface area contributed by atoms with Crippen LogP contribution < -0.4 is 4.90 Å². The fourth-order valence-electron chi connectivity index (χ4n) is 2.34. The molecular formula is C13H12F3N3O2S2. The fraction of sp³-hybridized carbons (Fsp3) is 0.308. The maximum absolute atomic E-state index is 13.8. The zero-order chi connectivity index (χ0) is 16.6. The van der Waals surface area contributed by atoms with Crippen LogP contribution >= 0.6 is 11.3 Å². The number of piperazine rings is 1. The Hall–Kier alpha value is -1.65. The second kappa shape index (κ2) is 6.10. The molecule has 10 heteroatoms. The summed E-state index contributed by atoms with van der Waals surface area (Å²) in [6.07, 6.45) is 1.65. The molecule has 1 saturated heterocycles. The minimum atomic E-state index is -4.22. The molecule has 1 aliphatic heterocycles. The number of hydrogen-bond donors (Lipinski definition) is 0.